The van der Waals surface area contributed by atoms with E-state index in [-0.39, 0.29) is 18.0 Å². The van der Waals surface area contributed by atoms with Crippen molar-refractivity contribution in [3.8, 4) is 0 Å². The van der Waals surface area contributed by atoms with Crippen LogP contribution in [0, 0.1) is 6.92 Å². The molecule has 0 bridgehead atoms. The van der Waals surface area contributed by atoms with E-state index in [0.717, 1.165) is 5.69 Å². The number of hydrogen-bond acceptors (Lipinski definition) is 4. The molecule has 1 aromatic carbocycles. The van der Waals surface area contributed by atoms with Crippen LogP contribution in [-0.2, 0) is 9.53 Å². The van der Waals surface area contributed by atoms with Crippen LogP contribution < -0.4 is 5.32 Å². The quantitative estimate of drug-likeness (QED) is 0.854. The van der Waals surface area contributed by atoms with Gasteiger partial charge in [0.25, 0.3) is 5.91 Å². The number of aromatic nitrogens is 1. The fourth-order valence-electron chi connectivity index (χ4n) is 2.15. The van der Waals surface area contributed by atoms with Crippen molar-refractivity contribution < 1.29 is 14.3 Å². The predicted octanol–water partition coefficient (Wildman–Crippen LogP) is 3.08. The number of hydrogen-bond donors (Lipinski definition) is 1. The summed E-state index contributed by atoms with van der Waals surface area (Å²) in [5.74, 6) is -0.810. The highest BCUT2D eigenvalue weighted by atomic mass is 35.5. The molecule has 2 rings (SSSR count). The third-order valence-electron chi connectivity index (χ3n) is 3.31. The lowest BCUT2D eigenvalue weighted by Gasteiger charge is -2.19. The van der Waals surface area contributed by atoms with Gasteiger partial charge in [0.1, 0.15) is 5.69 Å². The van der Waals surface area contributed by atoms with Crippen molar-refractivity contribution in [2.24, 2.45) is 0 Å². The first-order chi connectivity index (χ1) is 11.0. The molecule has 2 aromatic rings. The van der Waals surface area contributed by atoms with Crippen LogP contribution in [0.5, 0.6) is 0 Å². The second-order valence-electron chi connectivity index (χ2n) is 4.99. The number of rotatable bonds is 5. The van der Waals surface area contributed by atoms with Crippen molar-refractivity contribution in [1.82, 2.24) is 10.3 Å². The zero-order chi connectivity index (χ0) is 16.8. The van der Waals surface area contributed by atoms with Gasteiger partial charge in [-0.15, -0.1) is 0 Å². The van der Waals surface area contributed by atoms with Crippen LogP contribution in [0.25, 0.3) is 0 Å². The Kier molecular flexibility index (Phi) is 5.71. The minimum absolute atomic E-state index is 0.0161. The van der Waals surface area contributed by atoms with Crippen LogP contribution in [0.15, 0.2) is 42.5 Å². The van der Waals surface area contributed by atoms with Crippen molar-refractivity contribution in [2.75, 3.05) is 7.11 Å². The van der Waals surface area contributed by atoms with Crippen molar-refractivity contribution in [3.05, 3.63) is 64.4 Å². The number of carbonyl (C=O) groups excluding carboxylic acids is 2. The summed E-state index contributed by atoms with van der Waals surface area (Å²) in [5, 5.41) is 3.27. The number of benzene rings is 1. The van der Waals surface area contributed by atoms with Crippen molar-refractivity contribution in [1.29, 1.82) is 0 Å². The maximum atomic E-state index is 12.4. The van der Waals surface area contributed by atoms with Crippen molar-refractivity contribution in [2.45, 2.75) is 19.4 Å². The Bertz CT molecular complexity index is 718. The molecular weight excluding hydrogens is 316 g/mol. The summed E-state index contributed by atoms with van der Waals surface area (Å²) in [7, 11) is 1.30. The maximum Gasteiger partial charge on any atom is 0.307 e. The Morgan fingerprint density at radius 2 is 1.96 bits per heavy atom. The Labute approximate surface area is 139 Å². The summed E-state index contributed by atoms with van der Waals surface area (Å²) < 4.78 is 4.70. The smallest absolute Gasteiger partial charge is 0.307 e. The normalized spacial score (nSPS) is 11.6. The van der Waals surface area contributed by atoms with Gasteiger partial charge in [-0.25, -0.2) is 4.98 Å². The second kappa shape index (κ2) is 7.74. The Balaban J connectivity index is 2.26. The van der Waals surface area contributed by atoms with E-state index in [4.69, 9.17) is 16.3 Å². The maximum absolute atomic E-state index is 12.4. The lowest BCUT2D eigenvalue weighted by atomic mass is 10.0. The zero-order valence-corrected chi connectivity index (χ0v) is 13.6. The highest BCUT2D eigenvalue weighted by Gasteiger charge is 2.22. The van der Waals surface area contributed by atoms with Crippen LogP contribution >= 0.6 is 11.6 Å². The van der Waals surface area contributed by atoms with Gasteiger partial charge in [0.15, 0.2) is 0 Å². The lowest BCUT2D eigenvalue weighted by Crippen LogP contribution is -2.31. The molecule has 1 N–H and O–H groups in total. The first-order valence-electron chi connectivity index (χ1n) is 7.07. The Hall–Kier alpha value is -2.40. The van der Waals surface area contributed by atoms with Gasteiger partial charge < -0.3 is 10.1 Å². The molecule has 0 spiro atoms. The fraction of sp³-hybridized carbons (Fsp3) is 0.235. The highest BCUT2D eigenvalue weighted by Crippen LogP contribution is 2.25. The molecule has 0 aliphatic heterocycles. The number of nitrogens with zero attached hydrogens (tertiary/aromatic N) is 1. The molecule has 0 saturated heterocycles. The molecule has 5 nitrogen and oxygen atoms in total. The summed E-state index contributed by atoms with van der Waals surface area (Å²) in [6.45, 7) is 1.80. The van der Waals surface area contributed by atoms with E-state index >= 15 is 0 Å². The minimum atomic E-state index is -0.592. The van der Waals surface area contributed by atoms with E-state index in [1.807, 2.05) is 0 Å². The van der Waals surface area contributed by atoms with Gasteiger partial charge in [-0.2, -0.15) is 0 Å². The number of pyridine rings is 1. The number of methoxy groups -OCH3 is 1. The van der Waals surface area contributed by atoms with Crippen LogP contribution in [0.1, 0.15) is 34.2 Å². The first-order valence-corrected chi connectivity index (χ1v) is 7.45. The molecule has 6 heteroatoms. The number of esters is 1. The monoisotopic (exact) mass is 332 g/mol. The molecule has 0 aliphatic rings. The van der Waals surface area contributed by atoms with E-state index in [9.17, 15) is 9.59 Å². The standard InChI is InChI=1S/C17H17ClN2O3/c1-11-6-5-9-14(19-11)17(22)20-15(10-16(21)23-2)12-7-3-4-8-13(12)18/h3-9,15H,10H2,1-2H3,(H,20,22). The molecule has 120 valence electrons. The number of amides is 1. The third kappa shape index (κ3) is 4.53. The molecule has 0 radical (unpaired) electrons. The second-order valence-corrected chi connectivity index (χ2v) is 5.40. The van der Waals surface area contributed by atoms with Gasteiger partial charge in [-0.3, -0.25) is 9.59 Å². The highest BCUT2D eigenvalue weighted by molar-refractivity contribution is 6.31. The number of halogens is 1. The molecule has 1 aromatic heterocycles. The number of ether oxygens (including phenoxy) is 1. The Morgan fingerprint density at radius 1 is 1.22 bits per heavy atom. The summed E-state index contributed by atoms with van der Waals surface area (Å²) in [6, 6.07) is 11.6. The van der Waals surface area contributed by atoms with Gasteiger partial charge in [-0.1, -0.05) is 35.9 Å². The van der Waals surface area contributed by atoms with Crippen LogP contribution in [0.2, 0.25) is 5.02 Å². The SMILES string of the molecule is COC(=O)CC(NC(=O)c1cccc(C)n1)c1ccccc1Cl. The largest absolute Gasteiger partial charge is 0.469 e. The number of carbonyl (C=O) groups is 2. The average molecular weight is 333 g/mol. The van der Waals surface area contributed by atoms with Crippen LogP contribution in [-0.4, -0.2) is 24.0 Å². The molecule has 0 fully saturated rings. The van der Waals surface area contributed by atoms with Gasteiger partial charge in [0, 0.05) is 10.7 Å². The molecule has 0 aliphatic carbocycles. The number of nitrogens with one attached hydrogen (secondary N) is 1. The average Bonchev–Trinajstić information content (AvgIpc) is 2.54. The van der Waals surface area contributed by atoms with E-state index in [1.165, 1.54) is 7.11 Å². The summed E-state index contributed by atoms with van der Waals surface area (Å²) in [4.78, 5) is 28.2. The van der Waals surface area contributed by atoms with E-state index in [1.54, 1.807) is 49.4 Å². The minimum Gasteiger partial charge on any atom is -0.469 e. The van der Waals surface area contributed by atoms with Crippen LogP contribution in [0.3, 0.4) is 0 Å². The summed E-state index contributed by atoms with van der Waals surface area (Å²) in [5.41, 5.74) is 1.67. The van der Waals surface area contributed by atoms with E-state index in [2.05, 4.69) is 10.3 Å². The van der Waals surface area contributed by atoms with Gasteiger partial charge in [-0.05, 0) is 30.7 Å². The molecule has 23 heavy (non-hydrogen) atoms. The molecule has 1 unspecified atom stereocenters. The van der Waals surface area contributed by atoms with Crippen LogP contribution in [0.4, 0.5) is 0 Å². The topological polar surface area (TPSA) is 68.3 Å². The third-order valence-corrected chi connectivity index (χ3v) is 3.65. The summed E-state index contributed by atoms with van der Waals surface area (Å²) in [6.07, 6.45) is -0.0161. The van der Waals surface area contributed by atoms with Crippen molar-refractivity contribution >= 4 is 23.5 Å². The fourth-order valence-corrected chi connectivity index (χ4v) is 2.42. The van der Waals surface area contributed by atoms with Gasteiger partial charge in [0.05, 0.1) is 19.6 Å². The van der Waals surface area contributed by atoms with Crippen molar-refractivity contribution in [3.63, 3.8) is 0 Å². The molecule has 0 saturated carbocycles. The van der Waals surface area contributed by atoms with E-state index in [0.29, 0.717) is 10.6 Å². The lowest BCUT2D eigenvalue weighted by molar-refractivity contribution is -0.141. The number of aryl methyl sites for hydroxylation is 1. The van der Waals surface area contributed by atoms with Gasteiger partial charge in [0.2, 0.25) is 0 Å². The molecule has 1 heterocycles. The Morgan fingerprint density at radius 3 is 2.61 bits per heavy atom. The predicted molar refractivity (Wildman–Crippen MR) is 87.3 cm³/mol. The molecular formula is C17H17ClN2O3. The first kappa shape index (κ1) is 17.0. The van der Waals surface area contributed by atoms with Gasteiger partial charge >= 0.3 is 5.97 Å². The molecule has 1 amide bonds. The van der Waals surface area contributed by atoms with E-state index < -0.39 is 12.0 Å². The zero-order valence-electron chi connectivity index (χ0n) is 12.9. The molecule has 1 atom stereocenters. The summed E-state index contributed by atoms with van der Waals surface area (Å²) >= 11 is 6.18.